The molecule has 2 amide bonds. The van der Waals surface area contributed by atoms with Crippen LogP contribution in [0.4, 0.5) is 5.13 Å². The molecule has 2 aromatic rings. The Hall–Kier alpha value is -2.25. The van der Waals surface area contributed by atoms with E-state index < -0.39 is 0 Å². The van der Waals surface area contributed by atoms with Gasteiger partial charge in [0.1, 0.15) is 5.69 Å². The molecular formula is C18H24N4O2S. The van der Waals surface area contributed by atoms with Gasteiger partial charge in [0.05, 0.1) is 0 Å². The van der Waals surface area contributed by atoms with Crippen LogP contribution in [0.2, 0.25) is 0 Å². The lowest BCUT2D eigenvalue weighted by molar-refractivity contribution is -0.116. The van der Waals surface area contributed by atoms with Crippen LogP contribution in [0.25, 0.3) is 0 Å². The molecule has 2 N–H and O–H groups in total. The van der Waals surface area contributed by atoms with E-state index in [0.717, 1.165) is 18.5 Å². The normalized spacial score (nSPS) is 10.7. The summed E-state index contributed by atoms with van der Waals surface area (Å²) in [7, 11) is 3.99. The first-order chi connectivity index (χ1) is 12.0. The number of rotatable bonds is 9. The largest absolute Gasteiger partial charge is 0.351 e. The fraction of sp³-hybridized carbons (Fsp3) is 0.389. The summed E-state index contributed by atoms with van der Waals surface area (Å²) in [6.45, 7) is 1.52. The van der Waals surface area contributed by atoms with Crippen LogP contribution in [-0.2, 0) is 11.2 Å². The standard InChI is InChI=1S/C18H24N4O2S/c1-22(2)12-6-11-19-17(24)15-13-25-18(20-15)21-16(23)10-9-14-7-4-3-5-8-14/h3-5,7-8,13H,6,9-12H2,1-2H3,(H,19,24)(H,20,21,23). The van der Waals surface area contributed by atoms with Crippen LogP contribution in [0.5, 0.6) is 0 Å². The molecule has 0 fully saturated rings. The topological polar surface area (TPSA) is 74.3 Å². The minimum Gasteiger partial charge on any atom is -0.351 e. The Bertz CT molecular complexity index is 685. The van der Waals surface area contributed by atoms with Crippen LogP contribution >= 0.6 is 11.3 Å². The second kappa shape index (κ2) is 9.90. The molecule has 0 unspecified atom stereocenters. The first kappa shape index (κ1) is 19.1. The summed E-state index contributed by atoms with van der Waals surface area (Å²) in [5, 5.41) is 7.70. The SMILES string of the molecule is CN(C)CCCNC(=O)c1csc(NC(=O)CCc2ccccc2)n1. The summed E-state index contributed by atoms with van der Waals surface area (Å²) in [5.74, 6) is -0.309. The summed E-state index contributed by atoms with van der Waals surface area (Å²) in [4.78, 5) is 30.2. The summed E-state index contributed by atoms with van der Waals surface area (Å²) in [5.41, 5.74) is 1.46. The van der Waals surface area contributed by atoms with Gasteiger partial charge < -0.3 is 15.5 Å². The summed E-state index contributed by atoms with van der Waals surface area (Å²) < 4.78 is 0. The van der Waals surface area contributed by atoms with Gasteiger partial charge in [-0.1, -0.05) is 30.3 Å². The molecule has 0 aliphatic carbocycles. The molecule has 1 aromatic carbocycles. The molecule has 7 heteroatoms. The molecule has 1 heterocycles. The van der Waals surface area contributed by atoms with Crippen LogP contribution < -0.4 is 10.6 Å². The summed E-state index contributed by atoms with van der Waals surface area (Å²) >= 11 is 1.26. The molecule has 2 rings (SSSR count). The summed E-state index contributed by atoms with van der Waals surface area (Å²) in [6.07, 6.45) is 1.94. The molecule has 6 nitrogen and oxygen atoms in total. The Morgan fingerprint density at radius 3 is 2.68 bits per heavy atom. The van der Waals surface area contributed by atoms with Crippen LogP contribution in [-0.4, -0.2) is 48.9 Å². The smallest absolute Gasteiger partial charge is 0.270 e. The van der Waals surface area contributed by atoms with Gasteiger partial charge in [-0.15, -0.1) is 11.3 Å². The molecule has 0 saturated carbocycles. The zero-order chi connectivity index (χ0) is 18.1. The van der Waals surface area contributed by atoms with Gasteiger partial charge in [-0.25, -0.2) is 4.98 Å². The molecule has 0 radical (unpaired) electrons. The number of benzene rings is 1. The number of nitrogens with one attached hydrogen (secondary N) is 2. The fourth-order valence-corrected chi connectivity index (χ4v) is 2.91. The van der Waals surface area contributed by atoms with Crippen molar-refractivity contribution in [3.63, 3.8) is 0 Å². The molecule has 0 aliphatic heterocycles. The average molecular weight is 360 g/mol. The Kier molecular flexibility index (Phi) is 7.56. The van der Waals surface area contributed by atoms with Gasteiger partial charge >= 0.3 is 0 Å². The van der Waals surface area contributed by atoms with Gasteiger partial charge in [0, 0.05) is 18.3 Å². The third-order valence-corrected chi connectivity index (χ3v) is 4.29. The number of carbonyl (C=O) groups is 2. The van der Waals surface area contributed by atoms with E-state index in [9.17, 15) is 9.59 Å². The predicted octanol–water partition coefficient (Wildman–Crippen LogP) is 2.40. The number of aryl methyl sites for hydroxylation is 1. The van der Waals surface area contributed by atoms with Crippen LogP contribution in [0.1, 0.15) is 28.9 Å². The van der Waals surface area contributed by atoms with Crippen LogP contribution in [0, 0.1) is 0 Å². The monoisotopic (exact) mass is 360 g/mol. The van der Waals surface area contributed by atoms with Gasteiger partial charge in [-0.05, 0) is 39.0 Å². The number of hydrogen-bond donors (Lipinski definition) is 2. The Morgan fingerprint density at radius 2 is 1.96 bits per heavy atom. The number of thiazole rings is 1. The van der Waals surface area contributed by atoms with E-state index >= 15 is 0 Å². The average Bonchev–Trinajstić information content (AvgIpc) is 3.06. The first-order valence-corrected chi connectivity index (χ1v) is 9.15. The predicted molar refractivity (Wildman–Crippen MR) is 101 cm³/mol. The molecular weight excluding hydrogens is 336 g/mol. The van der Waals surface area contributed by atoms with E-state index in [1.165, 1.54) is 11.3 Å². The van der Waals surface area contributed by atoms with E-state index in [0.29, 0.717) is 30.2 Å². The highest BCUT2D eigenvalue weighted by molar-refractivity contribution is 7.14. The van der Waals surface area contributed by atoms with Crippen molar-refractivity contribution in [1.82, 2.24) is 15.2 Å². The minimum atomic E-state index is -0.209. The van der Waals surface area contributed by atoms with Crippen LogP contribution in [0.3, 0.4) is 0 Å². The third kappa shape index (κ3) is 7.03. The molecule has 0 saturated heterocycles. The van der Waals surface area contributed by atoms with Crippen molar-refractivity contribution in [2.45, 2.75) is 19.3 Å². The zero-order valence-corrected chi connectivity index (χ0v) is 15.4. The van der Waals surface area contributed by atoms with Crippen molar-refractivity contribution >= 4 is 28.3 Å². The van der Waals surface area contributed by atoms with E-state index in [4.69, 9.17) is 0 Å². The molecule has 0 atom stereocenters. The lowest BCUT2D eigenvalue weighted by atomic mass is 10.1. The minimum absolute atomic E-state index is 0.101. The van der Waals surface area contributed by atoms with Crippen molar-refractivity contribution < 1.29 is 9.59 Å². The summed E-state index contributed by atoms with van der Waals surface area (Å²) in [6, 6.07) is 9.85. The Balaban J connectivity index is 1.74. The highest BCUT2D eigenvalue weighted by Crippen LogP contribution is 2.16. The van der Waals surface area contributed by atoms with E-state index in [1.54, 1.807) is 5.38 Å². The lowest BCUT2D eigenvalue weighted by Gasteiger charge is -2.09. The van der Waals surface area contributed by atoms with Gasteiger partial charge in [0.25, 0.3) is 5.91 Å². The maximum atomic E-state index is 12.0. The number of carbonyl (C=O) groups excluding carboxylic acids is 2. The maximum absolute atomic E-state index is 12.0. The molecule has 1 aromatic heterocycles. The molecule has 25 heavy (non-hydrogen) atoms. The molecule has 134 valence electrons. The highest BCUT2D eigenvalue weighted by Gasteiger charge is 2.12. The van der Waals surface area contributed by atoms with Gasteiger partial charge in [0.15, 0.2) is 5.13 Å². The van der Waals surface area contributed by atoms with Crippen molar-refractivity contribution in [2.24, 2.45) is 0 Å². The van der Waals surface area contributed by atoms with Crippen molar-refractivity contribution in [3.05, 3.63) is 47.0 Å². The van der Waals surface area contributed by atoms with Gasteiger partial charge in [0.2, 0.25) is 5.91 Å². The van der Waals surface area contributed by atoms with Crippen molar-refractivity contribution in [3.8, 4) is 0 Å². The Morgan fingerprint density at radius 1 is 1.20 bits per heavy atom. The number of nitrogens with zero attached hydrogens (tertiary/aromatic N) is 2. The third-order valence-electron chi connectivity index (χ3n) is 3.53. The van der Waals surface area contributed by atoms with E-state index in [2.05, 4.69) is 20.5 Å². The first-order valence-electron chi connectivity index (χ1n) is 8.27. The lowest BCUT2D eigenvalue weighted by Crippen LogP contribution is -2.27. The van der Waals surface area contributed by atoms with Crippen LogP contribution in [0.15, 0.2) is 35.7 Å². The number of amides is 2. The quantitative estimate of drug-likeness (QED) is 0.674. The Labute approximate surface area is 152 Å². The van der Waals surface area contributed by atoms with Crippen molar-refractivity contribution in [2.75, 3.05) is 32.5 Å². The van der Waals surface area contributed by atoms with E-state index in [-0.39, 0.29) is 11.8 Å². The maximum Gasteiger partial charge on any atom is 0.270 e. The number of anilines is 1. The number of aromatic nitrogens is 1. The highest BCUT2D eigenvalue weighted by atomic mass is 32.1. The molecule has 0 bridgehead atoms. The zero-order valence-electron chi connectivity index (χ0n) is 14.6. The molecule has 0 aliphatic rings. The second-order valence-corrected chi connectivity index (χ2v) is 6.84. The molecule has 0 spiro atoms. The fourth-order valence-electron chi connectivity index (χ4n) is 2.21. The second-order valence-electron chi connectivity index (χ2n) is 5.98. The van der Waals surface area contributed by atoms with Crippen molar-refractivity contribution in [1.29, 1.82) is 0 Å². The van der Waals surface area contributed by atoms with E-state index in [1.807, 2.05) is 44.4 Å². The van der Waals surface area contributed by atoms with Gasteiger partial charge in [-0.2, -0.15) is 0 Å². The van der Waals surface area contributed by atoms with Gasteiger partial charge in [-0.3, -0.25) is 9.59 Å². The number of hydrogen-bond acceptors (Lipinski definition) is 5.